The molecule has 0 fully saturated rings. The van der Waals surface area contributed by atoms with Crippen molar-refractivity contribution in [3.8, 4) is 23.0 Å². The smallest absolute Gasteiger partial charge is 0.273 e. The van der Waals surface area contributed by atoms with Crippen LogP contribution in [0.15, 0.2) is 72.8 Å². The van der Waals surface area contributed by atoms with Gasteiger partial charge in [0.2, 0.25) is 4.69 Å². The zero-order chi connectivity index (χ0) is 46.2. The van der Waals surface area contributed by atoms with Gasteiger partial charge in [0.1, 0.15) is 22.8 Å². The minimum Gasteiger partial charge on any atom is -0.506 e. The molecule has 0 spiro atoms. The van der Waals surface area contributed by atoms with Crippen molar-refractivity contribution in [2.24, 2.45) is 0 Å². The Morgan fingerprint density at radius 1 is 0.705 bits per heavy atom. The van der Waals surface area contributed by atoms with Crippen LogP contribution in [-0.2, 0) is 14.4 Å². The number of fused-ring (bicyclic) bond motifs is 3. The number of nitrogens with one attached hydrogen (secondary N) is 3. The van der Waals surface area contributed by atoms with Gasteiger partial charge in [-0.15, -0.1) is 0 Å². The van der Waals surface area contributed by atoms with Crippen LogP contribution >= 0.6 is 31.9 Å². The van der Waals surface area contributed by atoms with Crippen molar-refractivity contribution in [3.05, 3.63) is 93.0 Å². The molecule has 3 aliphatic rings. The number of nitro benzene ring substituents is 2. The zero-order valence-corrected chi connectivity index (χ0v) is 37.7. The lowest BCUT2D eigenvalue weighted by Gasteiger charge is -2.33. The van der Waals surface area contributed by atoms with Gasteiger partial charge in [-0.25, -0.2) is 0 Å². The van der Waals surface area contributed by atoms with Crippen molar-refractivity contribution in [2.45, 2.75) is 76.5 Å². The normalized spacial score (nSPS) is 15.5. The quantitative estimate of drug-likeness (QED) is 0.0256. The molecular formula is C40H48Br2N8O11. The molecule has 61 heavy (non-hydrogen) atoms. The lowest BCUT2D eigenvalue weighted by Crippen LogP contribution is -2.45. The van der Waals surface area contributed by atoms with Crippen LogP contribution in [0.1, 0.15) is 55.4 Å². The van der Waals surface area contributed by atoms with Crippen molar-refractivity contribution in [2.75, 3.05) is 39.7 Å². The number of phenolic OH excluding ortho intramolecular Hbond substituents is 1. The third-order valence-corrected chi connectivity index (χ3v) is 10.2. The number of benzene rings is 4. The monoisotopic (exact) mass is 974 g/mol. The van der Waals surface area contributed by atoms with Crippen LogP contribution in [-0.4, -0.2) is 59.1 Å². The Hall–Kier alpha value is -6.35. The number of anilines is 6. The third kappa shape index (κ3) is 14.1. The van der Waals surface area contributed by atoms with E-state index < -0.39 is 25.4 Å². The average molecular weight is 977 g/mol. The van der Waals surface area contributed by atoms with Crippen LogP contribution in [0.3, 0.4) is 0 Å². The zero-order valence-electron chi connectivity index (χ0n) is 34.5. The summed E-state index contributed by atoms with van der Waals surface area (Å²) in [4.78, 5) is 52.9. The van der Waals surface area contributed by atoms with Gasteiger partial charge in [-0.2, -0.15) is 0 Å². The van der Waals surface area contributed by atoms with E-state index in [4.69, 9.17) is 36.5 Å². The van der Waals surface area contributed by atoms with Crippen LogP contribution in [0.25, 0.3) is 0 Å². The van der Waals surface area contributed by atoms with Gasteiger partial charge in [0, 0.05) is 35.6 Å². The minimum atomic E-state index is -1.01. The summed E-state index contributed by atoms with van der Waals surface area (Å²) in [5.41, 5.74) is 17.9. The lowest BCUT2D eigenvalue weighted by molar-refractivity contribution is -0.385. The Bertz CT molecular complexity index is 2310. The van der Waals surface area contributed by atoms with Gasteiger partial charge in [0.25, 0.3) is 23.2 Å². The molecule has 0 unspecified atom stereocenters. The number of hydrogen-bond acceptors (Lipinski definition) is 15. The molecule has 0 aliphatic carbocycles. The predicted octanol–water partition coefficient (Wildman–Crippen LogP) is 7.90. The summed E-state index contributed by atoms with van der Waals surface area (Å²) in [6, 6.07) is 18.4. The fourth-order valence-electron chi connectivity index (χ4n) is 4.78. The Morgan fingerprint density at radius 3 is 1.54 bits per heavy atom. The number of carbonyl (C=O) groups is 3. The van der Waals surface area contributed by atoms with Crippen molar-refractivity contribution in [1.29, 1.82) is 0 Å². The number of nitrogens with two attached hydrogens (primary N) is 3. The highest BCUT2D eigenvalue weighted by Gasteiger charge is 2.37. The molecule has 10 N–H and O–H groups in total. The molecule has 7 rings (SSSR count). The lowest BCUT2D eigenvalue weighted by atomic mass is 10.1. The van der Waals surface area contributed by atoms with Gasteiger partial charge < -0.3 is 52.5 Å². The molecule has 3 aliphatic heterocycles. The molecule has 21 heteroatoms. The van der Waals surface area contributed by atoms with Gasteiger partial charge in [-0.3, -0.25) is 34.6 Å². The number of aromatic hydroxyl groups is 1. The maximum atomic E-state index is 11.5. The highest BCUT2D eigenvalue weighted by atomic mass is 79.9. The molecule has 19 nitrogen and oxygen atoms in total. The van der Waals surface area contributed by atoms with Crippen molar-refractivity contribution in [1.82, 2.24) is 0 Å². The van der Waals surface area contributed by atoms with E-state index in [2.05, 4.69) is 47.8 Å². The van der Waals surface area contributed by atoms with E-state index in [0.29, 0.717) is 28.6 Å². The van der Waals surface area contributed by atoms with E-state index in [1.807, 2.05) is 32.0 Å². The molecule has 4 aromatic carbocycles. The second-order valence-electron chi connectivity index (χ2n) is 15.5. The van der Waals surface area contributed by atoms with E-state index in [1.165, 1.54) is 30.3 Å². The number of nitrogens with zero attached hydrogens (tertiary/aromatic N) is 2. The second kappa shape index (κ2) is 19.4. The number of amides is 2. The molecule has 2 amide bonds. The molecule has 3 heterocycles. The highest BCUT2D eigenvalue weighted by molar-refractivity contribution is 9.20. The minimum absolute atomic E-state index is 0.0278. The summed E-state index contributed by atoms with van der Waals surface area (Å²) in [5, 5.41) is 38.3. The predicted molar refractivity (Wildman–Crippen MR) is 241 cm³/mol. The molecular weight excluding hydrogens is 928 g/mol. The molecule has 0 bridgehead atoms. The molecule has 0 aromatic heterocycles. The van der Waals surface area contributed by atoms with E-state index in [-0.39, 0.29) is 44.9 Å². The number of hydrogen-bond donors (Lipinski definition) is 7. The highest BCUT2D eigenvalue weighted by Crippen LogP contribution is 2.37. The van der Waals surface area contributed by atoms with Crippen LogP contribution in [0.5, 0.6) is 23.0 Å². The second-order valence-corrected chi connectivity index (χ2v) is 18.2. The fourth-order valence-corrected chi connectivity index (χ4v) is 4.78. The van der Waals surface area contributed by atoms with Crippen LogP contribution in [0.4, 0.5) is 45.5 Å². The SMILES string of the molecule is CC(C)(Br)C(=O)Br.CC1(C)CNc2ccc(N)cc2O1.CC1(C)Oc2cc(N)ccc2NC1=O.CC1(C)Oc2cc([N+](=O)[O-])ccc2NC1=O.Nc1ccc([N+](=O)[O-])cc1O. The van der Waals surface area contributed by atoms with Crippen LogP contribution < -0.4 is 47.4 Å². The number of carbonyl (C=O) groups excluding carboxylic acids is 3. The van der Waals surface area contributed by atoms with E-state index >= 15 is 0 Å². The summed E-state index contributed by atoms with van der Waals surface area (Å²) in [5.74, 6) is 1.10. The summed E-state index contributed by atoms with van der Waals surface area (Å²) in [6.45, 7) is 15.1. The van der Waals surface area contributed by atoms with Gasteiger partial charge >= 0.3 is 0 Å². The average Bonchev–Trinajstić information content (AvgIpc) is 3.13. The Kier molecular flexibility index (Phi) is 15.6. The maximum Gasteiger partial charge on any atom is 0.273 e. The van der Waals surface area contributed by atoms with Gasteiger partial charge in [-0.05, 0) is 108 Å². The van der Waals surface area contributed by atoms with E-state index in [9.17, 15) is 34.6 Å². The molecule has 0 saturated carbocycles. The first-order valence-electron chi connectivity index (χ1n) is 18.1. The van der Waals surface area contributed by atoms with Crippen molar-refractivity contribution < 1.29 is 43.5 Å². The van der Waals surface area contributed by atoms with Crippen molar-refractivity contribution >= 4 is 93.9 Å². The molecule has 0 saturated heterocycles. The third-order valence-electron chi connectivity index (χ3n) is 8.29. The summed E-state index contributed by atoms with van der Waals surface area (Å²) in [7, 11) is 0. The largest absolute Gasteiger partial charge is 0.506 e. The summed E-state index contributed by atoms with van der Waals surface area (Å²) >= 11 is 5.96. The number of nitro groups is 2. The van der Waals surface area contributed by atoms with Crippen LogP contribution in [0.2, 0.25) is 0 Å². The standard InChI is InChI=1S/C10H10N2O4.C10H12N2O2.C10H14N2O.C6H6N2O3.C4H6Br2O/c1-10(2)9(13)11-7-4-3-6(12(14)15)5-8(7)16-10;1-10(2)9(13)12-7-4-3-6(11)5-8(7)14-10;1-10(2)6-12-8-4-3-7(11)5-9(8)13-10;7-5-2-1-4(8(10)11)3-6(5)9;1-4(2,6)3(5)7/h3-5H,1-2H3,(H,11,13);3-5H,11H2,1-2H3,(H,12,13);3-5,12H,6,11H2,1-2H3;1-3,9H,7H2;1-2H3. The van der Waals surface area contributed by atoms with E-state index in [0.717, 1.165) is 29.7 Å². The molecule has 328 valence electrons. The number of non-ortho nitro benzene ring substituents is 2. The van der Waals surface area contributed by atoms with Gasteiger partial charge in [-0.1, -0.05) is 15.9 Å². The molecule has 0 atom stereocenters. The van der Waals surface area contributed by atoms with Gasteiger partial charge in [0.05, 0.1) is 55.6 Å². The van der Waals surface area contributed by atoms with Crippen LogP contribution in [0, 0.1) is 20.2 Å². The summed E-state index contributed by atoms with van der Waals surface area (Å²) < 4.78 is 16.2. The number of alkyl halides is 1. The number of ether oxygens (including phenoxy) is 3. The number of nitrogen functional groups attached to an aromatic ring is 3. The van der Waals surface area contributed by atoms with E-state index in [1.54, 1.807) is 59.7 Å². The fraction of sp³-hybridized carbons (Fsp3) is 0.325. The Balaban J connectivity index is 0.000000208. The van der Waals surface area contributed by atoms with Gasteiger partial charge in [0.15, 0.2) is 17.0 Å². The number of halogens is 2. The van der Waals surface area contributed by atoms with Crippen molar-refractivity contribution in [3.63, 3.8) is 0 Å². The number of phenols is 1. The summed E-state index contributed by atoms with van der Waals surface area (Å²) in [6.07, 6.45) is 0. The topological polar surface area (TPSA) is 300 Å². The molecule has 0 radical (unpaired) electrons. The first kappa shape index (κ1) is 49.0. The first-order valence-corrected chi connectivity index (χ1v) is 19.7. The Labute approximate surface area is 368 Å². The Morgan fingerprint density at radius 2 is 1.10 bits per heavy atom. The molecule has 4 aromatic rings. The maximum absolute atomic E-state index is 11.5. The number of rotatable bonds is 3. The first-order chi connectivity index (χ1) is 28.0.